The molecule has 0 radical (unpaired) electrons. The first-order chi connectivity index (χ1) is 15.4. The zero-order valence-electron chi connectivity index (χ0n) is 19.6. The molecule has 10 heteroatoms. The van der Waals surface area contributed by atoms with Crippen molar-refractivity contribution in [2.45, 2.75) is 102 Å². The van der Waals surface area contributed by atoms with Gasteiger partial charge in [0.15, 0.2) is 20.4 Å². The number of aryl methyl sites for hydroxylation is 1. The van der Waals surface area contributed by atoms with E-state index in [1.807, 2.05) is 6.92 Å². The van der Waals surface area contributed by atoms with E-state index in [2.05, 4.69) is 42.8 Å². The van der Waals surface area contributed by atoms with E-state index in [-0.39, 0.29) is 23.5 Å². The Labute approximate surface area is 189 Å². The summed E-state index contributed by atoms with van der Waals surface area (Å²) in [4.78, 5) is 21.4. The van der Waals surface area contributed by atoms with Gasteiger partial charge in [-0.1, -0.05) is 27.7 Å². The summed E-state index contributed by atoms with van der Waals surface area (Å²) in [6.45, 7) is 10.8. The van der Waals surface area contributed by atoms with Crippen LogP contribution in [0.2, 0.25) is 18.1 Å². The molecule has 1 spiro atoms. The van der Waals surface area contributed by atoms with Crippen LogP contribution in [0.4, 0.5) is 0 Å². The van der Waals surface area contributed by atoms with E-state index >= 15 is 0 Å². The topological polar surface area (TPSA) is 93.3 Å². The highest BCUT2D eigenvalue weighted by Crippen LogP contribution is 2.66. The van der Waals surface area contributed by atoms with Crippen molar-refractivity contribution in [3.05, 3.63) is 34.9 Å². The predicted molar refractivity (Wildman–Crippen MR) is 120 cm³/mol. The minimum Gasteiger partial charge on any atom is -0.408 e. The number of hydrogen-bond donors (Lipinski definition) is 0. The highest BCUT2D eigenvalue weighted by molar-refractivity contribution is 6.73. The maximum absolute atomic E-state index is 13.1. The molecule has 32 heavy (non-hydrogen) atoms. The second-order valence-corrected chi connectivity index (χ2v) is 14.1. The number of nitrogens with zero attached hydrogens (tertiary/aromatic N) is 5. The normalized spacial score (nSPS) is 30.3. The SMILES string of the molecule is CC[C@]12O[C@@H](n3cc(C)c(-n4cncn4)nc3=O)C(OC13CC3)[C@H]2O[Si](CC)(CC)CC. The van der Waals surface area contributed by atoms with Gasteiger partial charge in [0.25, 0.3) is 0 Å². The zero-order chi connectivity index (χ0) is 22.7. The molecule has 1 saturated carbocycles. The van der Waals surface area contributed by atoms with Gasteiger partial charge in [-0.2, -0.15) is 10.1 Å². The third-order valence-corrected chi connectivity index (χ3v) is 12.7. The van der Waals surface area contributed by atoms with Crippen molar-refractivity contribution in [2.24, 2.45) is 0 Å². The highest BCUT2D eigenvalue weighted by atomic mass is 28.4. The van der Waals surface area contributed by atoms with Gasteiger partial charge >= 0.3 is 5.69 Å². The Morgan fingerprint density at radius 1 is 1.19 bits per heavy atom. The van der Waals surface area contributed by atoms with Crippen LogP contribution in [0, 0.1) is 6.92 Å². The highest BCUT2D eigenvalue weighted by Gasteiger charge is 2.78. The van der Waals surface area contributed by atoms with Gasteiger partial charge < -0.3 is 13.9 Å². The Bertz CT molecular complexity index is 1040. The molecular formula is C22H33N5O4Si. The van der Waals surface area contributed by atoms with Crippen molar-refractivity contribution in [1.29, 1.82) is 0 Å². The first-order valence-corrected chi connectivity index (χ1v) is 14.4. The molecule has 9 nitrogen and oxygen atoms in total. The summed E-state index contributed by atoms with van der Waals surface area (Å²) >= 11 is 0. The minimum atomic E-state index is -1.91. The zero-order valence-corrected chi connectivity index (χ0v) is 20.6. The average Bonchev–Trinajstić information content (AvgIpc) is 3.17. The molecule has 1 aliphatic carbocycles. The monoisotopic (exact) mass is 459 g/mol. The Balaban J connectivity index is 1.54. The molecule has 2 aromatic heterocycles. The Kier molecular flexibility index (Phi) is 5.19. The van der Waals surface area contributed by atoms with E-state index in [1.54, 1.807) is 10.8 Å². The lowest BCUT2D eigenvalue weighted by molar-refractivity contribution is -0.225. The molecule has 0 amide bonds. The summed E-state index contributed by atoms with van der Waals surface area (Å²) in [6, 6.07) is 3.19. The maximum Gasteiger partial charge on any atom is 0.351 e. The van der Waals surface area contributed by atoms with Crippen molar-refractivity contribution in [1.82, 2.24) is 24.3 Å². The van der Waals surface area contributed by atoms with Crippen LogP contribution in [-0.4, -0.2) is 56.0 Å². The Hall–Kier alpha value is -1.88. The summed E-state index contributed by atoms with van der Waals surface area (Å²) in [6.07, 6.45) is 6.50. The van der Waals surface area contributed by atoms with Gasteiger partial charge in [0.1, 0.15) is 36.1 Å². The molecule has 174 valence electrons. The van der Waals surface area contributed by atoms with Crippen LogP contribution in [0.1, 0.15) is 58.7 Å². The molecule has 2 aliphatic heterocycles. The molecule has 4 atom stereocenters. The van der Waals surface area contributed by atoms with E-state index < -0.39 is 20.1 Å². The fraction of sp³-hybridized carbons (Fsp3) is 0.727. The predicted octanol–water partition coefficient (Wildman–Crippen LogP) is 3.13. The number of hydrogen-bond acceptors (Lipinski definition) is 7. The fourth-order valence-electron chi connectivity index (χ4n) is 5.81. The second kappa shape index (κ2) is 7.58. The number of fused-ring (bicyclic) bond motifs is 3. The Morgan fingerprint density at radius 2 is 1.91 bits per heavy atom. The van der Waals surface area contributed by atoms with Crippen molar-refractivity contribution in [2.75, 3.05) is 0 Å². The van der Waals surface area contributed by atoms with Gasteiger partial charge in [-0.05, 0) is 44.3 Å². The molecule has 2 aromatic rings. The van der Waals surface area contributed by atoms with Crippen LogP contribution in [0.5, 0.6) is 0 Å². The van der Waals surface area contributed by atoms with Crippen molar-refractivity contribution in [3.8, 4) is 5.82 Å². The number of aromatic nitrogens is 5. The molecule has 5 rings (SSSR count). The van der Waals surface area contributed by atoms with E-state index in [9.17, 15) is 4.79 Å². The lowest BCUT2D eigenvalue weighted by Gasteiger charge is -2.40. The van der Waals surface area contributed by atoms with E-state index in [0.717, 1.165) is 43.0 Å². The number of ether oxygens (including phenoxy) is 2. The smallest absolute Gasteiger partial charge is 0.351 e. The fourth-order valence-corrected chi connectivity index (χ4v) is 8.67. The Morgan fingerprint density at radius 3 is 2.47 bits per heavy atom. The lowest BCUT2D eigenvalue weighted by Crippen LogP contribution is -2.53. The van der Waals surface area contributed by atoms with Crippen LogP contribution < -0.4 is 5.69 Å². The summed E-state index contributed by atoms with van der Waals surface area (Å²) < 4.78 is 23.6. The van der Waals surface area contributed by atoms with Crippen molar-refractivity contribution >= 4 is 8.32 Å². The molecule has 0 aromatic carbocycles. The van der Waals surface area contributed by atoms with Crippen LogP contribution >= 0.6 is 0 Å². The van der Waals surface area contributed by atoms with Gasteiger partial charge in [0, 0.05) is 11.8 Å². The van der Waals surface area contributed by atoms with Crippen LogP contribution in [0.3, 0.4) is 0 Å². The van der Waals surface area contributed by atoms with Crippen LogP contribution in [-0.2, 0) is 13.9 Å². The summed E-state index contributed by atoms with van der Waals surface area (Å²) in [5.74, 6) is 0.471. The number of rotatable bonds is 8. The van der Waals surface area contributed by atoms with Gasteiger partial charge in [-0.3, -0.25) is 4.57 Å². The van der Waals surface area contributed by atoms with Crippen LogP contribution in [0.25, 0.3) is 5.82 Å². The van der Waals surface area contributed by atoms with Crippen molar-refractivity contribution in [3.63, 3.8) is 0 Å². The van der Waals surface area contributed by atoms with Gasteiger partial charge in [-0.15, -0.1) is 0 Å². The van der Waals surface area contributed by atoms with E-state index in [1.165, 1.54) is 17.3 Å². The maximum atomic E-state index is 13.1. The molecule has 0 N–H and O–H groups in total. The third kappa shape index (κ3) is 2.92. The largest absolute Gasteiger partial charge is 0.408 e. The first kappa shape index (κ1) is 21.9. The standard InChI is InChI=1S/C22H33N5O4Si/c1-6-22-17(31-32(7-2,8-3)9-4)16(29-21(22)10-11-21)19(30-22)26-12-15(5)18(25-20(26)28)27-14-23-13-24-27/h12-14,16-17,19H,6-11H2,1-5H3/t16?,17-,19-,22-/m1/s1. The summed E-state index contributed by atoms with van der Waals surface area (Å²) in [5, 5.41) is 4.11. The lowest BCUT2D eigenvalue weighted by atomic mass is 9.88. The van der Waals surface area contributed by atoms with Gasteiger partial charge in [0.2, 0.25) is 0 Å². The van der Waals surface area contributed by atoms with Crippen molar-refractivity contribution < 1.29 is 13.9 Å². The summed E-state index contributed by atoms with van der Waals surface area (Å²) in [5.41, 5.74) is -0.361. The second-order valence-electron chi connectivity index (χ2n) is 9.39. The van der Waals surface area contributed by atoms with E-state index in [4.69, 9.17) is 13.9 Å². The van der Waals surface area contributed by atoms with E-state index in [0.29, 0.717) is 5.82 Å². The minimum absolute atomic E-state index is 0.159. The molecule has 3 fully saturated rings. The molecule has 2 bridgehead atoms. The van der Waals surface area contributed by atoms with Gasteiger partial charge in [-0.25, -0.2) is 14.5 Å². The summed E-state index contributed by atoms with van der Waals surface area (Å²) in [7, 11) is -1.91. The first-order valence-electron chi connectivity index (χ1n) is 11.9. The molecule has 3 aliphatic rings. The molecular weight excluding hydrogens is 426 g/mol. The molecule has 2 saturated heterocycles. The van der Waals surface area contributed by atoms with Gasteiger partial charge in [0.05, 0.1) is 0 Å². The molecule has 1 unspecified atom stereocenters. The third-order valence-electron chi connectivity index (χ3n) is 8.06. The molecule has 4 heterocycles. The van der Waals surface area contributed by atoms with Crippen LogP contribution in [0.15, 0.2) is 23.6 Å². The quantitative estimate of drug-likeness (QED) is 0.560. The average molecular weight is 460 g/mol.